The van der Waals surface area contributed by atoms with Gasteiger partial charge < -0.3 is 9.15 Å². The van der Waals surface area contributed by atoms with Crippen LogP contribution in [-0.2, 0) is 0 Å². The summed E-state index contributed by atoms with van der Waals surface area (Å²) in [7, 11) is 1.44. The van der Waals surface area contributed by atoms with E-state index in [1.807, 2.05) is 0 Å². The molecule has 1 aromatic rings. The lowest BCUT2D eigenvalue weighted by atomic mass is 10.5. The lowest BCUT2D eigenvalue weighted by Gasteiger charge is -1.89. The Bertz CT molecular complexity index is 247. The molecule has 0 aliphatic heterocycles. The van der Waals surface area contributed by atoms with Crippen molar-refractivity contribution in [1.29, 1.82) is 0 Å². The zero-order valence-corrected chi connectivity index (χ0v) is 5.22. The van der Waals surface area contributed by atoms with E-state index in [9.17, 15) is 4.79 Å². The van der Waals surface area contributed by atoms with Crippen LogP contribution in [0, 0.1) is 6.92 Å². The molecule has 4 nitrogen and oxygen atoms in total. The van der Waals surface area contributed by atoms with Crippen LogP contribution in [0.25, 0.3) is 0 Å². The minimum absolute atomic E-state index is 0.250. The van der Waals surface area contributed by atoms with E-state index in [1.165, 1.54) is 7.11 Å². The summed E-state index contributed by atoms with van der Waals surface area (Å²) >= 11 is 0. The van der Waals surface area contributed by atoms with E-state index in [-0.39, 0.29) is 5.95 Å². The van der Waals surface area contributed by atoms with Crippen molar-refractivity contribution in [2.24, 2.45) is 0 Å². The Hall–Kier alpha value is -1.19. The molecule has 0 unspecified atom stereocenters. The SMILES string of the molecule is COc1oc(=O)[nH]c1C. The van der Waals surface area contributed by atoms with E-state index in [0.29, 0.717) is 5.69 Å². The lowest BCUT2D eigenvalue weighted by Crippen LogP contribution is -1.94. The maximum absolute atomic E-state index is 10.4. The summed E-state index contributed by atoms with van der Waals surface area (Å²) in [4.78, 5) is 12.8. The van der Waals surface area contributed by atoms with E-state index < -0.39 is 5.76 Å². The van der Waals surface area contributed by atoms with Gasteiger partial charge in [-0.15, -0.1) is 0 Å². The predicted octanol–water partition coefficient (Wildman–Crippen LogP) is 0.285. The van der Waals surface area contributed by atoms with Crippen LogP contribution in [0.15, 0.2) is 9.21 Å². The van der Waals surface area contributed by atoms with Gasteiger partial charge in [0.2, 0.25) is 0 Å². The highest BCUT2D eigenvalue weighted by molar-refractivity contribution is 5.10. The zero-order valence-electron chi connectivity index (χ0n) is 5.22. The largest absolute Gasteiger partial charge is 0.467 e. The van der Waals surface area contributed by atoms with Crippen molar-refractivity contribution < 1.29 is 9.15 Å². The zero-order chi connectivity index (χ0) is 6.85. The highest BCUT2D eigenvalue weighted by Gasteiger charge is 2.02. The predicted molar refractivity (Wildman–Crippen MR) is 30.6 cm³/mol. The number of aromatic amines is 1. The summed E-state index contributed by atoms with van der Waals surface area (Å²) in [6.45, 7) is 1.70. The Morgan fingerprint density at radius 3 is 2.56 bits per heavy atom. The van der Waals surface area contributed by atoms with E-state index in [2.05, 4.69) is 14.1 Å². The summed E-state index contributed by atoms with van der Waals surface area (Å²) in [5, 5.41) is 0. The molecule has 1 N–H and O–H groups in total. The first-order chi connectivity index (χ1) is 4.24. The first kappa shape index (κ1) is 5.94. The van der Waals surface area contributed by atoms with Crippen LogP contribution in [-0.4, -0.2) is 12.1 Å². The van der Waals surface area contributed by atoms with Crippen LogP contribution < -0.4 is 10.5 Å². The Morgan fingerprint density at radius 1 is 1.67 bits per heavy atom. The second kappa shape index (κ2) is 1.97. The molecule has 0 saturated heterocycles. The van der Waals surface area contributed by atoms with Crippen LogP contribution in [0.1, 0.15) is 5.69 Å². The Labute approximate surface area is 51.5 Å². The molecule has 0 amide bonds. The van der Waals surface area contributed by atoms with Gasteiger partial charge in [0.15, 0.2) is 0 Å². The lowest BCUT2D eigenvalue weighted by molar-refractivity contribution is 0.293. The topological polar surface area (TPSA) is 55.2 Å². The molecule has 4 heteroatoms. The van der Waals surface area contributed by atoms with Gasteiger partial charge in [-0.2, -0.15) is 0 Å². The highest BCUT2D eigenvalue weighted by Crippen LogP contribution is 2.09. The second-order valence-corrected chi connectivity index (χ2v) is 1.63. The summed E-state index contributed by atoms with van der Waals surface area (Å²) in [5.74, 6) is -0.232. The highest BCUT2D eigenvalue weighted by atomic mass is 16.6. The molecule has 0 saturated carbocycles. The minimum atomic E-state index is -0.482. The van der Waals surface area contributed by atoms with Crippen molar-refractivity contribution in [3.8, 4) is 5.95 Å². The maximum atomic E-state index is 10.4. The van der Waals surface area contributed by atoms with Gasteiger partial charge in [0.05, 0.1) is 12.8 Å². The molecule has 0 aromatic carbocycles. The number of H-pyrrole nitrogens is 1. The number of rotatable bonds is 1. The van der Waals surface area contributed by atoms with Gasteiger partial charge in [-0.05, 0) is 6.92 Å². The molecular weight excluding hydrogens is 122 g/mol. The monoisotopic (exact) mass is 129 g/mol. The van der Waals surface area contributed by atoms with Gasteiger partial charge in [-0.1, -0.05) is 0 Å². The van der Waals surface area contributed by atoms with Crippen molar-refractivity contribution >= 4 is 0 Å². The number of nitrogens with one attached hydrogen (secondary N) is 1. The third-order valence-electron chi connectivity index (χ3n) is 0.967. The third kappa shape index (κ3) is 0.960. The molecule has 9 heavy (non-hydrogen) atoms. The molecule has 0 bridgehead atoms. The van der Waals surface area contributed by atoms with Crippen molar-refractivity contribution in [2.75, 3.05) is 7.11 Å². The van der Waals surface area contributed by atoms with Crippen LogP contribution >= 0.6 is 0 Å². The molecule has 1 rings (SSSR count). The molecule has 1 heterocycles. The standard InChI is InChI=1S/C5H7NO3/c1-3-4(8-2)9-5(7)6-3/h1-2H3,(H,6,7). The number of methoxy groups -OCH3 is 1. The minimum Gasteiger partial charge on any atom is -0.467 e. The number of hydrogen-bond donors (Lipinski definition) is 1. The Balaban J connectivity index is 3.16. The van der Waals surface area contributed by atoms with Crippen molar-refractivity contribution in [1.82, 2.24) is 4.98 Å². The van der Waals surface area contributed by atoms with Crippen LogP contribution in [0.3, 0.4) is 0 Å². The van der Waals surface area contributed by atoms with Crippen LogP contribution in [0.2, 0.25) is 0 Å². The molecule has 0 fully saturated rings. The number of ether oxygens (including phenoxy) is 1. The summed E-state index contributed by atoms with van der Waals surface area (Å²) in [5.41, 5.74) is 0.613. The van der Waals surface area contributed by atoms with Crippen LogP contribution in [0.4, 0.5) is 0 Å². The summed E-state index contributed by atoms with van der Waals surface area (Å²) in [6, 6.07) is 0. The smallest absolute Gasteiger partial charge is 0.419 e. The molecule has 0 aliphatic carbocycles. The van der Waals surface area contributed by atoms with E-state index in [0.717, 1.165) is 0 Å². The number of hydrogen-bond acceptors (Lipinski definition) is 3. The molecule has 1 aromatic heterocycles. The summed E-state index contributed by atoms with van der Waals surface area (Å²) < 4.78 is 9.20. The molecule has 0 aliphatic rings. The quantitative estimate of drug-likeness (QED) is 0.592. The molecule has 0 atom stereocenters. The van der Waals surface area contributed by atoms with Gasteiger partial charge in [-0.25, -0.2) is 4.79 Å². The van der Waals surface area contributed by atoms with Gasteiger partial charge in [0.25, 0.3) is 0 Å². The van der Waals surface area contributed by atoms with Gasteiger partial charge in [0, 0.05) is 0 Å². The molecule has 50 valence electrons. The van der Waals surface area contributed by atoms with Crippen molar-refractivity contribution in [3.63, 3.8) is 0 Å². The first-order valence-corrected chi connectivity index (χ1v) is 2.47. The molecule has 0 spiro atoms. The van der Waals surface area contributed by atoms with Crippen molar-refractivity contribution in [2.45, 2.75) is 6.92 Å². The summed E-state index contributed by atoms with van der Waals surface area (Å²) in [6.07, 6.45) is 0. The van der Waals surface area contributed by atoms with Crippen molar-refractivity contribution in [3.05, 3.63) is 16.2 Å². The molecular formula is C5H7NO3. The van der Waals surface area contributed by atoms with Gasteiger partial charge in [-0.3, -0.25) is 4.98 Å². The number of oxazole rings is 1. The number of aromatic nitrogens is 1. The van der Waals surface area contributed by atoms with Gasteiger partial charge >= 0.3 is 11.7 Å². The second-order valence-electron chi connectivity index (χ2n) is 1.63. The first-order valence-electron chi connectivity index (χ1n) is 2.47. The normalized spacial score (nSPS) is 9.56. The fourth-order valence-corrected chi connectivity index (χ4v) is 0.585. The van der Waals surface area contributed by atoms with Crippen LogP contribution in [0.5, 0.6) is 5.95 Å². The maximum Gasteiger partial charge on any atom is 0.419 e. The average Bonchev–Trinajstić information content (AvgIpc) is 2.10. The van der Waals surface area contributed by atoms with E-state index in [4.69, 9.17) is 0 Å². The fourth-order valence-electron chi connectivity index (χ4n) is 0.585. The fraction of sp³-hybridized carbons (Fsp3) is 0.400. The van der Waals surface area contributed by atoms with E-state index >= 15 is 0 Å². The Morgan fingerprint density at radius 2 is 2.33 bits per heavy atom. The molecule has 0 radical (unpaired) electrons. The van der Waals surface area contributed by atoms with Gasteiger partial charge in [0.1, 0.15) is 0 Å². The number of aryl methyl sites for hydroxylation is 1. The average molecular weight is 129 g/mol. The van der Waals surface area contributed by atoms with E-state index in [1.54, 1.807) is 6.92 Å². The third-order valence-corrected chi connectivity index (χ3v) is 0.967. The Kier molecular flexibility index (Phi) is 1.30.